The summed E-state index contributed by atoms with van der Waals surface area (Å²) in [4.78, 5) is 15.9. The summed E-state index contributed by atoms with van der Waals surface area (Å²) in [6.45, 7) is 0. The molecule has 0 aliphatic heterocycles. The zero-order valence-corrected chi connectivity index (χ0v) is 9.77. The molecule has 0 unspecified atom stereocenters. The monoisotopic (exact) mass is 274 g/mol. The van der Waals surface area contributed by atoms with Gasteiger partial charge >= 0.3 is 0 Å². The number of aromatic amines is 1. The second-order valence-corrected chi connectivity index (χ2v) is 4.27. The van der Waals surface area contributed by atoms with Gasteiger partial charge in [-0.15, -0.1) is 0 Å². The van der Waals surface area contributed by atoms with Gasteiger partial charge in [0.05, 0.1) is 5.52 Å². The largest absolute Gasteiger partial charge is 0.336 e. The fraction of sp³-hybridized carbons (Fsp3) is 0. The Labute approximate surface area is 99.9 Å². The minimum Gasteiger partial charge on any atom is -0.336 e. The van der Waals surface area contributed by atoms with Crippen molar-refractivity contribution in [3.8, 4) is 11.4 Å². The van der Waals surface area contributed by atoms with Crippen molar-refractivity contribution in [3.05, 3.63) is 41.3 Å². The highest BCUT2D eigenvalue weighted by Crippen LogP contribution is 2.20. The van der Waals surface area contributed by atoms with Crippen molar-refractivity contribution in [2.24, 2.45) is 0 Å². The van der Waals surface area contributed by atoms with Crippen molar-refractivity contribution in [1.82, 2.24) is 19.9 Å². The lowest BCUT2D eigenvalue weighted by Gasteiger charge is -1.92. The van der Waals surface area contributed by atoms with Gasteiger partial charge in [-0.25, -0.2) is 9.97 Å². The Hall–Kier alpha value is -1.75. The molecule has 0 atom stereocenters. The van der Waals surface area contributed by atoms with E-state index in [0.29, 0.717) is 5.65 Å². The number of halogens is 1. The highest BCUT2D eigenvalue weighted by molar-refractivity contribution is 9.10. The molecular formula is C11H7BrN4. The van der Waals surface area contributed by atoms with Crippen LogP contribution in [0.1, 0.15) is 0 Å². The molecule has 3 heterocycles. The lowest BCUT2D eigenvalue weighted by atomic mass is 10.3. The smallest absolute Gasteiger partial charge is 0.178 e. The van der Waals surface area contributed by atoms with E-state index in [0.717, 1.165) is 21.4 Å². The predicted molar refractivity (Wildman–Crippen MR) is 64.8 cm³/mol. The van der Waals surface area contributed by atoms with Crippen LogP contribution in [0.25, 0.3) is 22.6 Å². The molecular weight excluding hydrogens is 268 g/mol. The van der Waals surface area contributed by atoms with Crippen LogP contribution >= 0.6 is 15.9 Å². The predicted octanol–water partition coefficient (Wildman–Crippen LogP) is 2.78. The second-order valence-electron chi connectivity index (χ2n) is 3.35. The maximum absolute atomic E-state index is 4.40. The quantitative estimate of drug-likeness (QED) is 0.743. The van der Waals surface area contributed by atoms with E-state index in [1.165, 1.54) is 0 Å². The molecule has 0 bridgehead atoms. The van der Waals surface area contributed by atoms with Crippen molar-refractivity contribution >= 4 is 27.1 Å². The maximum atomic E-state index is 4.40. The molecule has 0 saturated heterocycles. The summed E-state index contributed by atoms with van der Waals surface area (Å²) >= 11 is 3.38. The van der Waals surface area contributed by atoms with Crippen molar-refractivity contribution in [3.63, 3.8) is 0 Å². The Kier molecular flexibility index (Phi) is 2.18. The molecule has 0 fully saturated rings. The minimum atomic E-state index is 0.710. The summed E-state index contributed by atoms with van der Waals surface area (Å²) in [6.07, 6.45) is 5.24. The first-order valence-corrected chi connectivity index (χ1v) is 5.54. The molecule has 0 aromatic carbocycles. The van der Waals surface area contributed by atoms with E-state index in [-0.39, 0.29) is 0 Å². The van der Waals surface area contributed by atoms with Crippen molar-refractivity contribution in [2.75, 3.05) is 0 Å². The van der Waals surface area contributed by atoms with E-state index in [1.54, 1.807) is 18.6 Å². The van der Waals surface area contributed by atoms with Crippen LogP contribution in [0.2, 0.25) is 0 Å². The first-order chi connectivity index (χ1) is 7.83. The molecule has 3 aromatic rings. The van der Waals surface area contributed by atoms with Crippen molar-refractivity contribution < 1.29 is 0 Å². The highest BCUT2D eigenvalue weighted by Gasteiger charge is 2.05. The van der Waals surface area contributed by atoms with Gasteiger partial charge in [-0.2, -0.15) is 0 Å². The Morgan fingerprint density at radius 3 is 3.00 bits per heavy atom. The van der Waals surface area contributed by atoms with Crippen LogP contribution in [0.15, 0.2) is 41.3 Å². The van der Waals surface area contributed by atoms with Crippen LogP contribution in [0, 0.1) is 0 Å². The van der Waals surface area contributed by atoms with E-state index in [9.17, 15) is 0 Å². The lowest BCUT2D eigenvalue weighted by molar-refractivity contribution is 1.26. The van der Waals surface area contributed by atoms with Gasteiger partial charge in [-0.3, -0.25) is 4.98 Å². The Balaban J connectivity index is 2.19. The molecule has 16 heavy (non-hydrogen) atoms. The van der Waals surface area contributed by atoms with Gasteiger partial charge in [0.2, 0.25) is 0 Å². The molecule has 1 N–H and O–H groups in total. The highest BCUT2D eigenvalue weighted by atomic mass is 79.9. The summed E-state index contributed by atoms with van der Waals surface area (Å²) in [5.74, 6) is 0.786. The van der Waals surface area contributed by atoms with Crippen LogP contribution < -0.4 is 0 Å². The zero-order valence-electron chi connectivity index (χ0n) is 8.18. The Morgan fingerprint density at radius 1 is 1.25 bits per heavy atom. The van der Waals surface area contributed by atoms with E-state index in [4.69, 9.17) is 0 Å². The Bertz CT molecular complexity index is 633. The molecule has 0 spiro atoms. The molecule has 4 nitrogen and oxygen atoms in total. The number of fused-ring (bicyclic) bond motifs is 1. The van der Waals surface area contributed by atoms with Crippen molar-refractivity contribution in [2.45, 2.75) is 0 Å². The normalized spacial score (nSPS) is 10.8. The third-order valence-corrected chi connectivity index (χ3v) is 2.67. The fourth-order valence-electron chi connectivity index (χ4n) is 1.51. The van der Waals surface area contributed by atoms with E-state index >= 15 is 0 Å². The summed E-state index contributed by atoms with van der Waals surface area (Å²) < 4.78 is 0.932. The number of hydrogen-bond acceptors (Lipinski definition) is 3. The summed E-state index contributed by atoms with van der Waals surface area (Å²) in [7, 11) is 0. The SMILES string of the molecule is Brc1cnc2nc(-c3cccnc3)[nH]c2c1. The third-order valence-electron chi connectivity index (χ3n) is 2.24. The van der Waals surface area contributed by atoms with Crippen LogP contribution in [-0.4, -0.2) is 19.9 Å². The standard InChI is InChI=1S/C11H7BrN4/c12-8-4-9-11(14-6-8)16-10(15-9)7-2-1-3-13-5-7/h1-6H,(H,14,15,16). The number of nitrogens with zero attached hydrogens (tertiary/aromatic N) is 3. The van der Waals surface area contributed by atoms with Crippen LogP contribution in [0.3, 0.4) is 0 Å². The average molecular weight is 275 g/mol. The minimum absolute atomic E-state index is 0.710. The fourth-order valence-corrected chi connectivity index (χ4v) is 1.85. The molecule has 0 radical (unpaired) electrons. The van der Waals surface area contributed by atoms with Gasteiger partial charge in [0.1, 0.15) is 5.82 Å². The van der Waals surface area contributed by atoms with E-state index in [1.807, 2.05) is 18.2 Å². The van der Waals surface area contributed by atoms with E-state index in [2.05, 4.69) is 35.9 Å². The number of rotatable bonds is 1. The molecule has 3 rings (SSSR count). The maximum Gasteiger partial charge on any atom is 0.178 e. The number of aromatic nitrogens is 4. The van der Waals surface area contributed by atoms with Gasteiger partial charge in [0.25, 0.3) is 0 Å². The number of imidazole rings is 1. The van der Waals surface area contributed by atoms with Crippen LogP contribution in [0.5, 0.6) is 0 Å². The van der Waals surface area contributed by atoms with Crippen LogP contribution in [0.4, 0.5) is 0 Å². The molecule has 78 valence electrons. The molecule has 0 amide bonds. The Morgan fingerprint density at radius 2 is 2.19 bits per heavy atom. The zero-order chi connectivity index (χ0) is 11.0. The summed E-state index contributed by atoms with van der Waals surface area (Å²) in [5.41, 5.74) is 2.58. The number of H-pyrrole nitrogens is 1. The first kappa shape index (κ1) is 9.47. The molecule has 3 aromatic heterocycles. The summed E-state index contributed by atoms with van der Waals surface area (Å²) in [6, 6.07) is 5.79. The number of pyridine rings is 2. The van der Waals surface area contributed by atoms with Crippen LogP contribution in [-0.2, 0) is 0 Å². The first-order valence-electron chi connectivity index (χ1n) is 4.74. The summed E-state index contributed by atoms with van der Waals surface area (Å²) in [5, 5.41) is 0. The molecule has 0 saturated carbocycles. The molecule has 0 aliphatic rings. The second kappa shape index (κ2) is 3.68. The molecule has 5 heteroatoms. The van der Waals surface area contributed by atoms with Gasteiger partial charge in [-0.1, -0.05) is 0 Å². The lowest BCUT2D eigenvalue weighted by Crippen LogP contribution is -1.80. The average Bonchev–Trinajstić information content (AvgIpc) is 2.73. The number of hydrogen-bond donors (Lipinski definition) is 1. The van der Waals surface area contributed by atoms with Gasteiger partial charge in [-0.05, 0) is 34.1 Å². The van der Waals surface area contributed by atoms with Crippen molar-refractivity contribution in [1.29, 1.82) is 0 Å². The van der Waals surface area contributed by atoms with Gasteiger partial charge < -0.3 is 4.98 Å². The topological polar surface area (TPSA) is 54.5 Å². The number of nitrogens with one attached hydrogen (secondary N) is 1. The third kappa shape index (κ3) is 1.59. The van der Waals surface area contributed by atoms with E-state index < -0.39 is 0 Å². The van der Waals surface area contributed by atoms with Gasteiger partial charge in [0, 0.05) is 28.6 Å². The van der Waals surface area contributed by atoms with Gasteiger partial charge in [0.15, 0.2) is 5.65 Å². The molecule has 0 aliphatic carbocycles.